The van der Waals surface area contributed by atoms with Crippen molar-refractivity contribution in [3.05, 3.63) is 29.8 Å². The highest BCUT2D eigenvalue weighted by molar-refractivity contribution is 6.05. The molecule has 6 nitrogen and oxygen atoms in total. The summed E-state index contributed by atoms with van der Waals surface area (Å²) in [6.45, 7) is 5.75. The Morgan fingerprint density at radius 1 is 1.08 bits per heavy atom. The lowest BCUT2D eigenvalue weighted by Crippen LogP contribution is -2.49. The number of carbonyl (C=O) groups excluding carboxylic acids is 2. The van der Waals surface area contributed by atoms with Crippen molar-refractivity contribution in [1.29, 1.82) is 0 Å². The third-order valence-electron chi connectivity index (χ3n) is 5.87. The summed E-state index contributed by atoms with van der Waals surface area (Å²) in [6.07, 6.45) is 2.97. The van der Waals surface area contributed by atoms with Gasteiger partial charge in [-0.2, -0.15) is 0 Å². The molecule has 0 spiro atoms. The van der Waals surface area contributed by atoms with Crippen molar-refractivity contribution in [2.45, 2.75) is 25.3 Å². The van der Waals surface area contributed by atoms with E-state index in [1.165, 1.54) is 0 Å². The third-order valence-corrected chi connectivity index (χ3v) is 5.87. The van der Waals surface area contributed by atoms with Crippen LogP contribution in [0.25, 0.3) is 0 Å². The molecule has 0 radical (unpaired) electrons. The summed E-state index contributed by atoms with van der Waals surface area (Å²) in [5.74, 6) is 0.325. The van der Waals surface area contributed by atoms with Gasteiger partial charge in [-0.25, -0.2) is 0 Å². The molecule has 3 aliphatic rings. The van der Waals surface area contributed by atoms with Gasteiger partial charge in [-0.15, -0.1) is 0 Å². The number of carbonyl (C=O) groups is 2. The SMILES string of the molecule is CN(C(=O)C1CC1)c1ccccc1C(=O)N1CCC(N2CCNCC2)C1. The van der Waals surface area contributed by atoms with Crippen LogP contribution in [0.1, 0.15) is 29.6 Å². The number of likely N-dealkylation sites (tertiary alicyclic amines) is 1. The molecule has 2 heterocycles. The van der Waals surface area contributed by atoms with E-state index in [1.807, 2.05) is 29.2 Å². The minimum atomic E-state index is 0.0497. The number of rotatable bonds is 4. The number of benzene rings is 1. The highest BCUT2D eigenvalue weighted by Gasteiger charge is 2.35. The highest BCUT2D eigenvalue weighted by Crippen LogP contribution is 2.33. The van der Waals surface area contributed by atoms with Crippen molar-refractivity contribution in [3.63, 3.8) is 0 Å². The molecule has 26 heavy (non-hydrogen) atoms. The second-order valence-corrected chi connectivity index (χ2v) is 7.67. The van der Waals surface area contributed by atoms with E-state index >= 15 is 0 Å². The maximum absolute atomic E-state index is 13.2. The van der Waals surface area contributed by atoms with E-state index in [1.54, 1.807) is 11.9 Å². The number of para-hydroxylation sites is 1. The van der Waals surface area contributed by atoms with Crippen LogP contribution in [0.15, 0.2) is 24.3 Å². The Hall–Kier alpha value is -1.92. The fraction of sp³-hybridized carbons (Fsp3) is 0.600. The van der Waals surface area contributed by atoms with Crippen LogP contribution in [0.2, 0.25) is 0 Å². The summed E-state index contributed by atoms with van der Waals surface area (Å²) in [6, 6.07) is 7.98. The molecule has 0 bridgehead atoms. The van der Waals surface area contributed by atoms with Gasteiger partial charge in [-0.1, -0.05) is 12.1 Å². The van der Waals surface area contributed by atoms with Crippen LogP contribution in [0.4, 0.5) is 5.69 Å². The zero-order chi connectivity index (χ0) is 18.1. The molecule has 4 rings (SSSR count). The smallest absolute Gasteiger partial charge is 0.256 e. The van der Waals surface area contributed by atoms with Crippen molar-refractivity contribution in [2.75, 3.05) is 51.2 Å². The second-order valence-electron chi connectivity index (χ2n) is 7.67. The van der Waals surface area contributed by atoms with Crippen LogP contribution in [0, 0.1) is 5.92 Å². The lowest BCUT2D eigenvalue weighted by molar-refractivity contribution is -0.119. The molecule has 1 aromatic carbocycles. The molecule has 2 saturated heterocycles. The van der Waals surface area contributed by atoms with Crippen LogP contribution in [-0.4, -0.2) is 74.0 Å². The quantitative estimate of drug-likeness (QED) is 0.880. The molecule has 2 aliphatic heterocycles. The molecule has 3 fully saturated rings. The van der Waals surface area contributed by atoms with Gasteiger partial charge in [-0.05, 0) is 31.4 Å². The molecule has 1 N–H and O–H groups in total. The number of nitrogens with zero attached hydrogens (tertiary/aromatic N) is 3. The number of piperazine rings is 1. The van der Waals surface area contributed by atoms with E-state index in [2.05, 4.69) is 10.2 Å². The van der Waals surface area contributed by atoms with E-state index in [4.69, 9.17) is 0 Å². The number of anilines is 1. The lowest BCUT2D eigenvalue weighted by atomic mass is 10.1. The number of hydrogen-bond donors (Lipinski definition) is 1. The van der Waals surface area contributed by atoms with E-state index < -0.39 is 0 Å². The molecule has 6 heteroatoms. The van der Waals surface area contributed by atoms with E-state index in [0.29, 0.717) is 11.6 Å². The van der Waals surface area contributed by atoms with Crippen LogP contribution in [0.3, 0.4) is 0 Å². The Kier molecular flexibility index (Phi) is 4.96. The zero-order valence-electron chi connectivity index (χ0n) is 15.5. The minimum Gasteiger partial charge on any atom is -0.337 e. The Morgan fingerprint density at radius 2 is 1.81 bits per heavy atom. The summed E-state index contributed by atoms with van der Waals surface area (Å²) in [4.78, 5) is 31.7. The van der Waals surface area contributed by atoms with Crippen LogP contribution >= 0.6 is 0 Å². The Balaban J connectivity index is 1.47. The molecule has 0 aromatic heterocycles. The Labute approximate surface area is 155 Å². The van der Waals surface area contributed by atoms with Crippen LogP contribution < -0.4 is 10.2 Å². The fourth-order valence-electron chi connectivity index (χ4n) is 4.11. The second kappa shape index (κ2) is 7.37. The van der Waals surface area contributed by atoms with Gasteiger partial charge in [0.1, 0.15) is 0 Å². The van der Waals surface area contributed by atoms with Gasteiger partial charge in [0.2, 0.25) is 5.91 Å². The van der Waals surface area contributed by atoms with Crippen molar-refractivity contribution >= 4 is 17.5 Å². The van der Waals surface area contributed by atoms with E-state index in [9.17, 15) is 9.59 Å². The first-order valence-corrected chi connectivity index (χ1v) is 9.76. The van der Waals surface area contributed by atoms with Gasteiger partial charge in [0.15, 0.2) is 0 Å². The summed E-state index contributed by atoms with van der Waals surface area (Å²) in [7, 11) is 1.79. The van der Waals surface area contributed by atoms with Gasteiger partial charge in [0.05, 0.1) is 11.3 Å². The van der Waals surface area contributed by atoms with Crippen molar-refractivity contribution in [3.8, 4) is 0 Å². The number of amides is 2. The molecular formula is C20H28N4O2. The van der Waals surface area contributed by atoms with Gasteiger partial charge < -0.3 is 15.1 Å². The van der Waals surface area contributed by atoms with Gasteiger partial charge in [-0.3, -0.25) is 14.5 Å². The topological polar surface area (TPSA) is 55.9 Å². The number of nitrogens with one attached hydrogen (secondary N) is 1. The lowest BCUT2D eigenvalue weighted by Gasteiger charge is -2.32. The van der Waals surface area contributed by atoms with Crippen LogP contribution in [-0.2, 0) is 4.79 Å². The first-order chi connectivity index (χ1) is 12.6. The maximum atomic E-state index is 13.2. The standard InChI is InChI=1S/C20H28N4O2/c1-22(19(25)15-6-7-15)18-5-3-2-4-17(18)20(26)24-11-8-16(14-24)23-12-9-21-10-13-23/h2-5,15-16,21H,6-14H2,1H3. The molecule has 1 saturated carbocycles. The molecule has 1 aliphatic carbocycles. The van der Waals surface area contributed by atoms with Gasteiger partial charge in [0.25, 0.3) is 5.91 Å². The molecular weight excluding hydrogens is 328 g/mol. The Bertz CT molecular complexity index is 682. The average molecular weight is 356 g/mol. The molecule has 1 unspecified atom stereocenters. The largest absolute Gasteiger partial charge is 0.337 e. The van der Waals surface area contributed by atoms with Crippen molar-refractivity contribution < 1.29 is 9.59 Å². The maximum Gasteiger partial charge on any atom is 0.256 e. The summed E-state index contributed by atoms with van der Waals surface area (Å²) in [5.41, 5.74) is 1.38. The average Bonchev–Trinajstić information content (AvgIpc) is 3.43. The monoisotopic (exact) mass is 356 g/mol. The summed E-state index contributed by atoms with van der Waals surface area (Å²) in [5, 5.41) is 3.38. The normalized spacial score (nSPS) is 23.9. The molecule has 1 atom stereocenters. The minimum absolute atomic E-state index is 0.0497. The molecule has 1 aromatic rings. The molecule has 140 valence electrons. The summed E-state index contributed by atoms with van der Waals surface area (Å²) < 4.78 is 0. The first kappa shape index (κ1) is 17.5. The van der Waals surface area contributed by atoms with E-state index in [-0.39, 0.29) is 17.7 Å². The summed E-state index contributed by atoms with van der Waals surface area (Å²) >= 11 is 0. The van der Waals surface area contributed by atoms with Gasteiger partial charge in [0, 0.05) is 58.3 Å². The molecule has 2 amide bonds. The predicted molar refractivity (Wildman–Crippen MR) is 101 cm³/mol. The predicted octanol–water partition coefficient (Wildman–Crippen LogP) is 1.18. The highest BCUT2D eigenvalue weighted by atomic mass is 16.2. The zero-order valence-corrected chi connectivity index (χ0v) is 15.5. The van der Waals surface area contributed by atoms with E-state index in [0.717, 1.165) is 64.2 Å². The van der Waals surface area contributed by atoms with Crippen molar-refractivity contribution in [1.82, 2.24) is 15.1 Å². The van der Waals surface area contributed by atoms with Gasteiger partial charge >= 0.3 is 0 Å². The number of hydrogen-bond acceptors (Lipinski definition) is 4. The Morgan fingerprint density at radius 3 is 2.54 bits per heavy atom. The fourth-order valence-corrected chi connectivity index (χ4v) is 4.11. The third kappa shape index (κ3) is 3.48. The van der Waals surface area contributed by atoms with Crippen molar-refractivity contribution in [2.24, 2.45) is 5.92 Å². The van der Waals surface area contributed by atoms with Crippen LogP contribution in [0.5, 0.6) is 0 Å². The first-order valence-electron chi connectivity index (χ1n) is 9.76.